The number of nitrogens with zero attached hydrogens (tertiary/aromatic N) is 2. The lowest BCUT2D eigenvalue weighted by Crippen LogP contribution is -2.57. The van der Waals surface area contributed by atoms with Crippen molar-refractivity contribution in [2.24, 2.45) is 0 Å². The number of anilines is 1. The molecule has 2 aromatic rings. The summed E-state index contributed by atoms with van der Waals surface area (Å²) in [5, 5.41) is 13.1. The van der Waals surface area contributed by atoms with Crippen LogP contribution in [0.15, 0.2) is 36.4 Å². The molecule has 2 heterocycles. The maximum absolute atomic E-state index is 13.8. The Morgan fingerprint density at radius 3 is 2.14 bits per heavy atom. The molecule has 2 aromatic carbocycles. The Morgan fingerprint density at radius 1 is 1.07 bits per heavy atom. The summed E-state index contributed by atoms with van der Waals surface area (Å²) >= 11 is 0. The minimum absolute atomic E-state index is 0.0184. The van der Waals surface area contributed by atoms with Gasteiger partial charge in [0.2, 0.25) is 11.7 Å². The first-order chi connectivity index (χ1) is 20.2. The lowest BCUT2D eigenvalue weighted by atomic mass is 9.85. The average molecular weight is 615 g/mol. The Hall–Kier alpha value is -4.27. The van der Waals surface area contributed by atoms with Gasteiger partial charge in [-0.2, -0.15) is 13.2 Å². The van der Waals surface area contributed by atoms with Crippen LogP contribution in [0.3, 0.4) is 0 Å². The number of carboxylic acids is 1. The number of benzene rings is 2. The number of piperidine rings is 1. The van der Waals surface area contributed by atoms with E-state index in [1.807, 2.05) is 17.9 Å². The van der Waals surface area contributed by atoms with Gasteiger partial charge in [-0.25, -0.2) is 9.18 Å². The second kappa shape index (κ2) is 13.8. The van der Waals surface area contributed by atoms with Crippen molar-refractivity contribution in [3.63, 3.8) is 0 Å². The molecule has 4 rings (SSSR count). The normalized spacial score (nSPS) is 16.9. The highest BCUT2D eigenvalue weighted by Crippen LogP contribution is 2.38. The third kappa shape index (κ3) is 7.77. The zero-order chi connectivity index (χ0) is 31.9. The largest absolute Gasteiger partial charge is 0.493 e. The number of hydrogen-bond donors (Lipinski definition) is 3. The van der Waals surface area contributed by atoms with Gasteiger partial charge >= 0.3 is 12.1 Å². The quantitative estimate of drug-likeness (QED) is 0.385. The molecule has 2 amide bonds. The summed E-state index contributed by atoms with van der Waals surface area (Å²) < 4.78 is 61.6. The van der Waals surface area contributed by atoms with Crippen molar-refractivity contribution in [1.29, 1.82) is 0 Å². The number of nitrogens with one attached hydrogen (secondary N) is 2. The summed E-state index contributed by atoms with van der Waals surface area (Å²) in [6.07, 6.45) is -3.86. The first-order valence-corrected chi connectivity index (χ1v) is 13.2. The lowest BCUT2D eigenvalue weighted by Gasteiger charge is -2.43. The molecule has 0 radical (unpaired) electrons. The van der Waals surface area contributed by atoms with Gasteiger partial charge in [0, 0.05) is 36.9 Å². The van der Waals surface area contributed by atoms with E-state index in [0.717, 1.165) is 0 Å². The Balaban J connectivity index is 0.000000646. The van der Waals surface area contributed by atoms with Gasteiger partial charge in [-0.05, 0) is 50.1 Å². The van der Waals surface area contributed by atoms with Crippen molar-refractivity contribution in [2.45, 2.75) is 37.5 Å². The summed E-state index contributed by atoms with van der Waals surface area (Å²) in [7, 11) is 4.52. The van der Waals surface area contributed by atoms with E-state index in [1.165, 1.54) is 33.5 Å². The number of likely N-dealkylation sites (tertiary alicyclic amines) is 1. The summed E-state index contributed by atoms with van der Waals surface area (Å²) in [5.74, 6) is -2.10. The number of hydrogen-bond acceptors (Lipinski definition) is 8. The Labute approximate surface area is 245 Å². The monoisotopic (exact) mass is 614 g/mol. The van der Waals surface area contributed by atoms with Crippen LogP contribution < -0.4 is 29.7 Å². The van der Waals surface area contributed by atoms with Gasteiger partial charge in [0.1, 0.15) is 11.4 Å². The fraction of sp³-hybridized carbons (Fsp3) is 0.464. The second-order valence-corrected chi connectivity index (χ2v) is 10.00. The maximum atomic E-state index is 13.8. The van der Waals surface area contributed by atoms with E-state index >= 15 is 0 Å². The second-order valence-electron chi connectivity index (χ2n) is 10.00. The van der Waals surface area contributed by atoms with Gasteiger partial charge in [-0.3, -0.25) is 9.59 Å². The molecule has 11 nitrogen and oxygen atoms in total. The van der Waals surface area contributed by atoms with Crippen LogP contribution in [0.4, 0.5) is 23.2 Å². The molecule has 236 valence electrons. The number of alkyl halides is 3. The van der Waals surface area contributed by atoms with Gasteiger partial charge in [-0.15, -0.1) is 0 Å². The first kappa shape index (κ1) is 33.2. The molecule has 15 heteroatoms. The SMILES string of the molecule is COc1cc(C(=O)N[C@H](C)CN2CCC3(CC2)C(=O)NCN3c2cccc(F)c2)cc(OC)c1OC.O=C(O)C(F)(F)F. The zero-order valence-electron chi connectivity index (χ0n) is 24.1. The summed E-state index contributed by atoms with van der Waals surface area (Å²) in [4.78, 5) is 38.9. The van der Waals surface area contributed by atoms with Gasteiger partial charge in [-0.1, -0.05) is 6.07 Å². The molecule has 0 aromatic heterocycles. The van der Waals surface area contributed by atoms with Gasteiger partial charge in [0.05, 0.1) is 28.0 Å². The van der Waals surface area contributed by atoms with E-state index < -0.39 is 17.7 Å². The molecule has 0 unspecified atom stereocenters. The molecule has 3 N–H and O–H groups in total. The lowest BCUT2D eigenvalue weighted by molar-refractivity contribution is -0.192. The van der Waals surface area contributed by atoms with Crippen LogP contribution in [0, 0.1) is 5.82 Å². The average Bonchev–Trinajstić information content (AvgIpc) is 3.27. The van der Waals surface area contributed by atoms with Gasteiger partial charge in [0.25, 0.3) is 5.91 Å². The van der Waals surface area contributed by atoms with Crippen LogP contribution in [0.1, 0.15) is 30.1 Å². The molecule has 2 aliphatic heterocycles. The Bertz CT molecular complexity index is 1290. The molecule has 1 spiro atoms. The topological polar surface area (TPSA) is 130 Å². The molecule has 1 atom stereocenters. The van der Waals surface area contributed by atoms with Crippen LogP contribution in [0.5, 0.6) is 17.2 Å². The van der Waals surface area contributed by atoms with Crippen molar-refractivity contribution < 1.29 is 51.3 Å². The smallest absolute Gasteiger partial charge is 0.490 e. The summed E-state index contributed by atoms with van der Waals surface area (Å²) in [6.45, 7) is 4.31. The van der Waals surface area contributed by atoms with E-state index in [0.29, 0.717) is 67.6 Å². The van der Waals surface area contributed by atoms with E-state index in [-0.39, 0.29) is 23.7 Å². The highest BCUT2D eigenvalue weighted by atomic mass is 19.4. The van der Waals surface area contributed by atoms with Crippen molar-refractivity contribution >= 4 is 23.5 Å². The van der Waals surface area contributed by atoms with E-state index in [1.54, 1.807) is 18.2 Å². The van der Waals surface area contributed by atoms with Crippen molar-refractivity contribution in [3.8, 4) is 17.2 Å². The minimum Gasteiger partial charge on any atom is -0.493 e. The molecule has 0 saturated carbocycles. The number of ether oxygens (including phenoxy) is 3. The number of halogens is 4. The van der Waals surface area contributed by atoms with E-state index in [4.69, 9.17) is 24.1 Å². The third-order valence-corrected chi connectivity index (χ3v) is 7.22. The minimum atomic E-state index is -5.08. The fourth-order valence-corrected chi connectivity index (χ4v) is 5.13. The molecular formula is C28H34F4N4O7. The predicted molar refractivity (Wildman–Crippen MR) is 147 cm³/mol. The number of carboxylic acid groups (broad SMARTS) is 1. The van der Waals surface area contributed by atoms with E-state index in [9.17, 15) is 27.2 Å². The highest BCUT2D eigenvalue weighted by Gasteiger charge is 2.50. The van der Waals surface area contributed by atoms with Crippen LogP contribution in [-0.4, -0.2) is 93.2 Å². The van der Waals surface area contributed by atoms with Crippen LogP contribution in [0.2, 0.25) is 0 Å². The molecule has 2 saturated heterocycles. The molecule has 43 heavy (non-hydrogen) atoms. The fourth-order valence-electron chi connectivity index (χ4n) is 5.13. The Kier molecular flexibility index (Phi) is 10.7. The van der Waals surface area contributed by atoms with Gasteiger partial charge in [0.15, 0.2) is 11.5 Å². The predicted octanol–water partition coefficient (Wildman–Crippen LogP) is 3.03. The van der Waals surface area contributed by atoms with Crippen molar-refractivity contribution in [2.75, 3.05) is 52.5 Å². The van der Waals surface area contributed by atoms with Crippen molar-refractivity contribution in [3.05, 3.63) is 47.8 Å². The number of carbonyl (C=O) groups is 3. The number of aliphatic carboxylic acids is 1. The number of methoxy groups -OCH3 is 3. The molecule has 0 aliphatic carbocycles. The molecule has 2 fully saturated rings. The van der Waals surface area contributed by atoms with Crippen LogP contribution >= 0.6 is 0 Å². The zero-order valence-corrected chi connectivity index (χ0v) is 24.1. The van der Waals surface area contributed by atoms with Crippen molar-refractivity contribution in [1.82, 2.24) is 15.5 Å². The van der Waals surface area contributed by atoms with Crippen LogP contribution in [0.25, 0.3) is 0 Å². The van der Waals surface area contributed by atoms with Gasteiger partial charge < -0.3 is 39.8 Å². The summed E-state index contributed by atoms with van der Waals surface area (Å²) in [5.41, 5.74) is 0.419. The number of amides is 2. The van der Waals surface area contributed by atoms with E-state index in [2.05, 4.69) is 15.5 Å². The maximum Gasteiger partial charge on any atom is 0.490 e. The molecule has 0 bridgehead atoms. The molecular weight excluding hydrogens is 580 g/mol. The number of rotatable bonds is 8. The third-order valence-electron chi connectivity index (χ3n) is 7.22. The first-order valence-electron chi connectivity index (χ1n) is 13.2. The van der Waals surface area contributed by atoms with Crippen LogP contribution in [-0.2, 0) is 9.59 Å². The standard InChI is InChI=1S/C26H33FN4O5.C2HF3O2/c1-17(29-24(32)18-12-21(34-2)23(36-4)22(13-18)35-3)15-30-10-8-26(9-11-30)25(33)28-16-31(26)20-7-5-6-19(27)14-20;3-2(4,5)1(6)7/h5-7,12-14,17H,8-11,15-16H2,1-4H3,(H,28,33)(H,29,32);(H,6,7)/t17-;/m1./s1. The highest BCUT2D eigenvalue weighted by molar-refractivity contribution is 5.96. The Morgan fingerprint density at radius 2 is 1.65 bits per heavy atom. The number of carbonyl (C=O) groups excluding carboxylic acids is 2. The molecule has 2 aliphatic rings. The summed E-state index contributed by atoms with van der Waals surface area (Å²) in [6, 6.07) is 9.46.